The van der Waals surface area contributed by atoms with Gasteiger partial charge in [0.25, 0.3) is 0 Å². The SMILES string of the molecule is Fc1ccc2c(OB(Oc3c(F)c(F)c(F)c4c3C(F)(F)c3c(F)c(F)c(F)c(F)c3-4)c3c(F)c(F)c(F)c(F)c3F)ccc(F)c2c1F. The first-order chi connectivity index (χ1) is 22.8. The van der Waals surface area contributed by atoms with Crippen molar-refractivity contribution < 1.29 is 83.9 Å². The molecule has 0 radical (unpaired) electrons. The van der Waals surface area contributed by atoms with Crippen LogP contribution >= 0.6 is 0 Å². The van der Waals surface area contributed by atoms with Gasteiger partial charge in [-0.3, -0.25) is 0 Å². The summed E-state index contributed by atoms with van der Waals surface area (Å²) >= 11 is 0. The van der Waals surface area contributed by atoms with Crippen molar-refractivity contribution in [2.24, 2.45) is 0 Å². The van der Waals surface area contributed by atoms with Crippen molar-refractivity contribution in [2.45, 2.75) is 5.92 Å². The van der Waals surface area contributed by atoms with Crippen LogP contribution in [0, 0.1) is 87.3 Å². The van der Waals surface area contributed by atoms with E-state index in [-0.39, 0.29) is 6.07 Å². The quantitative estimate of drug-likeness (QED) is 0.0783. The molecule has 0 bridgehead atoms. The van der Waals surface area contributed by atoms with E-state index in [0.29, 0.717) is 18.2 Å². The fraction of sp³-hybridized carbons (Fsp3) is 0.0345. The minimum Gasteiger partial charge on any atom is -0.521 e. The molecule has 0 atom stereocenters. The zero-order chi connectivity index (χ0) is 36.2. The molecule has 5 aromatic rings. The van der Waals surface area contributed by atoms with E-state index >= 15 is 22.0 Å². The molecule has 49 heavy (non-hydrogen) atoms. The lowest BCUT2D eigenvalue weighted by Crippen LogP contribution is -2.48. The Labute approximate surface area is 259 Å². The number of fused-ring (bicyclic) bond motifs is 4. The molecule has 0 heterocycles. The summed E-state index contributed by atoms with van der Waals surface area (Å²) in [4.78, 5) is 0. The van der Waals surface area contributed by atoms with Crippen LogP contribution in [-0.2, 0) is 5.92 Å². The summed E-state index contributed by atoms with van der Waals surface area (Å²) in [6.07, 6.45) is 0. The van der Waals surface area contributed by atoms with Crippen LogP contribution in [0.2, 0.25) is 0 Å². The standard InChI is InChI=1S/C29H4BF17O2/c31-6-3-4-8(5-1-2-7(32)15(33)9(5)6)48-30(14-19(37)24(42)26(44)25(43)20(14)38)49-28-13-11(17(35)22(40)27(28)45)10-12(29(13,46)47)18(36)23(41)21(39)16(10)34/h1-4H. The van der Waals surface area contributed by atoms with Crippen molar-refractivity contribution in [3.05, 3.63) is 123 Å². The van der Waals surface area contributed by atoms with Crippen LogP contribution < -0.4 is 14.8 Å². The summed E-state index contributed by atoms with van der Waals surface area (Å²) in [7, 11) is -3.59. The number of halogens is 17. The van der Waals surface area contributed by atoms with E-state index in [1.807, 2.05) is 0 Å². The Balaban J connectivity index is 1.67. The average molecular weight is 718 g/mol. The van der Waals surface area contributed by atoms with Crippen LogP contribution in [0.4, 0.5) is 74.6 Å². The van der Waals surface area contributed by atoms with Gasteiger partial charge < -0.3 is 9.31 Å². The first kappa shape index (κ1) is 33.7. The topological polar surface area (TPSA) is 18.5 Å². The number of hydrogen-bond acceptors (Lipinski definition) is 2. The van der Waals surface area contributed by atoms with Crippen molar-refractivity contribution in [1.82, 2.24) is 0 Å². The predicted molar refractivity (Wildman–Crippen MR) is 131 cm³/mol. The molecule has 0 aliphatic heterocycles. The molecule has 6 rings (SSSR count). The third-order valence-corrected chi connectivity index (χ3v) is 7.34. The molecule has 1 aliphatic carbocycles. The van der Waals surface area contributed by atoms with E-state index in [1.165, 1.54) is 0 Å². The fourth-order valence-electron chi connectivity index (χ4n) is 5.18. The van der Waals surface area contributed by atoms with Gasteiger partial charge in [-0.05, 0) is 24.3 Å². The molecule has 20 heteroatoms. The molecular weight excluding hydrogens is 714 g/mol. The molecule has 0 saturated heterocycles. The molecule has 0 aromatic heterocycles. The Kier molecular flexibility index (Phi) is 7.70. The van der Waals surface area contributed by atoms with Gasteiger partial charge in [0.1, 0.15) is 11.6 Å². The molecule has 0 unspecified atom stereocenters. The van der Waals surface area contributed by atoms with Crippen molar-refractivity contribution >= 4 is 23.4 Å². The molecule has 5 aromatic carbocycles. The third kappa shape index (κ3) is 4.58. The Bertz CT molecular complexity index is 2260. The number of benzene rings is 5. The van der Waals surface area contributed by atoms with Crippen LogP contribution in [0.5, 0.6) is 11.5 Å². The molecule has 1 aliphatic rings. The first-order valence-corrected chi connectivity index (χ1v) is 12.7. The van der Waals surface area contributed by atoms with Crippen LogP contribution in [0.25, 0.3) is 21.9 Å². The largest absolute Gasteiger partial charge is 0.639 e. The van der Waals surface area contributed by atoms with E-state index < -0.39 is 150 Å². The predicted octanol–water partition coefficient (Wildman–Crippen LogP) is 8.90. The Morgan fingerprint density at radius 2 is 0.898 bits per heavy atom. The monoisotopic (exact) mass is 718 g/mol. The fourth-order valence-corrected chi connectivity index (χ4v) is 5.18. The van der Waals surface area contributed by atoms with Crippen LogP contribution in [0.1, 0.15) is 11.1 Å². The van der Waals surface area contributed by atoms with E-state index in [9.17, 15) is 52.7 Å². The van der Waals surface area contributed by atoms with Crippen LogP contribution in [0.3, 0.4) is 0 Å². The highest BCUT2D eigenvalue weighted by molar-refractivity contribution is 6.63. The van der Waals surface area contributed by atoms with Gasteiger partial charge in [0.05, 0.1) is 22.0 Å². The van der Waals surface area contributed by atoms with Gasteiger partial charge in [-0.15, -0.1) is 0 Å². The Morgan fingerprint density at radius 3 is 1.49 bits per heavy atom. The second-order valence-electron chi connectivity index (χ2n) is 9.98. The summed E-state index contributed by atoms with van der Waals surface area (Å²) in [5, 5.41) is -2.23. The zero-order valence-corrected chi connectivity index (χ0v) is 22.6. The van der Waals surface area contributed by atoms with Crippen molar-refractivity contribution in [1.29, 1.82) is 0 Å². The lowest BCUT2D eigenvalue weighted by molar-refractivity contribution is 0.0404. The van der Waals surface area contributed by atoms with Crippen molar-refractivity contribution in [2.75, 3.05) is 0 Å². The van der Waals surface area contributed by atoms with Gasteiger partial charge in [0.2, 0.25) is 5.82 Å². The van der Waals surface area contributed by atoms with Gasteiger partial charge in [-0.1, -0.05) is 0 Å². The number of rotatable bonds is 5. The number of hydrogen-bond donors (Lipinski definition) is 0. The van der Waals surface area contributed by atoms with Gasteiger partial charge >= 0.3 is 13.0 Å². The highest BCUT2D eigenvalue weighted by Gasteiger charge is 2.56. The Hall–Kier alpha value is -5.17. The molecule has 0 spiro atoms. The van der Waals surface area contributed by atoms with Crippen molar-refractivity contribution in [3.63, 3.8) is 0 Å². The summed E-state index contributed by atoms with van der Waals surface area (Å²) < 4.78 is 259. The van der Waals surface area contributed by atoms with E-state index in [4.69, 9.17) is 4.65 Å². The first-order valence-electron chi connectivity index (χ1n) is 12.7. The minimum atomic E-state index is -5.46. The third-order valence-electron chi connectivity index (χ3n) is 7.34. The second-order valence-corrected chi connectivity index (χ2v) is 9.98. The van der Waals surface area contributed by atoms with E-state index in [1.54, 1.807) is 0 Å². The van der Waals surface area contributed by atoms with Crippen LogP contribution in [-0.4, -0.2) is 7.12 Å². The summed E-state index contributed by atoms with van der Waals surface area (Å²) in [6.45, 7) is 0. The summed E-state index contributed by atoms with van der Waals surface area (Å²) in [5.41, 5.74) is -11.9. The molecular formula is C29H4BF17O2. The normalized spacial score (nSPS) is 13.2. The average Bonchev–Trinajstić information content (AvgIpc) is 3.31. The zero-order valence-electron chi connectivity index (χ0n) is 22.6. The maximum absolute atomic E-state index is 15.7. The van der Waals surface area contributed by atoms with E-state index in [0.717, 1.165) is 0 Å². The lowest BCUT2D eigenvalue weighted by Gasteiger charge is -2.23. The highest BCUT2D eigenvalue weighted by atomic mass is 19.3. The molecule has 0 saturated carbocycles. The Morgan fingerprint density at radius 1 is 0.429 bits per heavy atom. The molecule has 2 nitrogen and oxygen atoms in total. The molecule has 0 amide bonds. The van der Waals surface area contributed by atoms with Crippen LogP contribution in [0.15, 0.2) is 24.3 Å². The van der Waals surface area contributed by atoms with Gasteiger partial charge in [-0.2, -0.15) is 13.2 Å². The summed E-state index contributed by atoms with van der Waals surface area (Å²) in [6, 6.07) is 1.49. The highest BCUT2D eigenvalue weighted by Crippen LogP contribution is 2.58. The number of alkyl halides is 2. The maximum atomic E-state index is 15.7. The summed E-state index contributed by atoms with van der Waals surface area (Å²) in [5.74, 6) is -48.8. The maximum Gasteiger partial charge on any atom is 0.639 e. The molecule has 254 valence electrons. The van der Waals surface area contributed by atoms with Crippen molar-refractivity contribution in [3.8, 4) is 22.6 Å². The van der Waals surface area contributed by atoms with Gasteiger partial charge in [-0.25, -0.2) is 61.5 Å². The van der Waals surface area contributed by atoms with Gasteiger partial charge in [0, 0.05) is 16.5 Å². The minimum absolute atomic E-state index is 0.269. The molecule has 0 fully saturated rings. The van der Waals surface area contributed by atoms with E-state index in [2.05, 4.69) is 4.65 Å². The molecule has 0 N–H and O–H groups in total. The second kappa shape index (κ2) is 11.2. The smallest absolute Gasteiger partial charge is 0.521 e. The van der Waals surface area contributed by atoms with Gasteiger partial charge in [0.15, 0.2) is 81.4 Å². The lowest BCUT2D eigenvalue weighted by atomic mass is 9.76.